The molecule has 0 unspecified atom stereocenters. The molecule has 0 spiro atoms. The van der Waals surface area contributed by atoms with E-state index in [0.29, 0.717) is 5.82 Å². The van der Waals surface area contributed by atoms with Crippen LogP contribution < -0.4 is 5.69 Å². The highest BCUT2D eigenvalue weighted by Gasteiger charge is 2.16. The molecule has 0 amide bonds. The van der Waals surface area contributed by atoms with E-state index in [2.05, 4.69) is 21.9 Å². The van der Waals surface area contributed by atoms with Crippen LogP contribution in [0.1, 0.15) is 42.5 Å². The molecular formula is C12H16N4O2. The zero-order valence-corrected chi connectivity index (χ0v) is 10.3. The van der Waals surface area contributed by atoms with Gasteiger partial charge in [0.25, 0.3) is 0 Å². The molecule has 2 rings (SSSR count). The number of hydrogen-bond donors (Lipinski definition) is 2. The molecule has 0 aromatic carbocycles. The fraction of sp³-hybridized carbons (Fsp3) is 0.417. The second-order valence-corrected chi connectivity index (χ2v) is 4.14. The first-order valence-electron chi connectivity index (χ1n) is 6.06. The third-order valence-corrected chi connectivity index (χ3v) is 2.76. The van der Waals surface area contributed by atoms with Gasteiger partial charge in [-0.15, -0.1) is 0 Å². The molecule has 0 radical (unpaired) electrons. The maximum atomic E-state index is 12.1. The minimum atomic E-state index is -0.387. The van der Waals surface area contributed by atoms with Gasteiger partial charge in [0.1, 0.15) is 5.69 Å². The molecular weight excluding hydrogens is 232 g/mol. The number of aromatic amines is 2. The van der Waals surface area contributed by atoms with E-state index >= 15 is 0 Å². The number of rotatable bonds is 6. The average Bonchev–Trinajstić information content (AvgIpc) is 2.97. The van der Waals surface area contributed by atoms with E-state index in [1.807, 2.05) is 4.57 Å². The van der Waals surface area contributed by atoms with Crippen molar-refractivity contribution < 1.29 is 4.79 Å². The Morgan fingerprint density at radius 2 is 2.28 bits per heavy atom. The molecule has 0 fully saturated rings. The molecule has 96 valence electrons. The van der Waals surface area contributed by atoms with Gasteiger partial charge in [0.15, 0.2) is 5.82 Å². The number of H-pyrrole nitrogens is 2. The SMILES string of the molecule is CCCCCn1ccnc1C(=O)c1c[nH]c(=O)[nH]1. The third-order valence-electron chi connectivity index (χ3n) is 2.76. The zero-order chi connectivity index (χ0) is 13.0. The smallest absolute Gasteiger partial charge is 0.323 e. The molecule has 2 aromatic heterocycles. The number of nitrogens with one attached hydrogen (secondary N) is 2. The second kappa shape index (κ2) is 5.48. The summed E-state index contributed by atoms with van der Waals surface area (Å²) in [5.74, 6) is 0.0937. The Labute approximate surface area is 104 Å². The quantitative estimate of drug-likeness (QED) is 0.597. The molecule has 0 saturated carbocycles. The van der Waals surface area contributed by atoms with Crippen molar-refractivity contribution in [2.24, 2.45) is 0 Å². The van der Waals surface area contributed by atoms with Gasteiger partial charge in [-0.1, -0.05) is 19.8 Å². The average molecular weight is 248 g/mol. The van der Waals surface area contributed by atoms with Crippen molar-refractivity contribution in [2.75, 3.05) is 0 Å². The maximum absolute atomic E-state index is 12.1. The lowest BCUT2D eigenvalue weighted by Gasteiger charge is -2.05. The Bertz CT molecular complexity index is 579. The summed E-state index contributed by atoms with van der Waals surface area (Å²) in [6, 6.07) is 0. The van der Waals surface area contributed by atoms with Crippen molar-refractivity contribution >= 4 is 5.78 Å². The summed E-state index contributed by atoms with van der Waals surface area (Å²) < 4.78 is 1.82. The van der Waals surface area contributed by atoms with E-state index in [0.717, 1.165) is 25.8 Å². The molecule has 6 heteroatoms. The first-order valence-corrected chi connectivity index (χ1v) is 6.06. The summed E-state index contributed by atoms with van der Waals surface area (Å²) in [7, 11) is 0. The standard InChI is InChI=1S/C12H16N4O2/c1-2-3-4-6-16-7-5-13-11(16)10(17)9-8-14-12(18)15-9/h5,7-8H,2-4,6H2,1H3,(H2,14,15,18). The van der Waals surface area contributed by atoms with E-state index in [-0.39, 0.29) is 17.2 Å². The summed E-state index contributed by atoms with van der Waals surface area (Å²) in [6.45, 7) is 2.90. The fourth-order valence-corrected chi connectivity index (χ4v) is 1.81. The number of aromatic nitrogens is 4. The number of ketones is 1. The molecule has 6 nitrogen and oxygen atoms in total. The third kappa shape index (κ3) is 2.58. The highest BCUT2D eigenvalue weighted by atomic mass is 16.1. The molecule has 0 bridgehead atoms. The van der Waals surface area contributed by atoms with Gasteiger partial charge in [-0.2, -0.15) is 0 Å². The monoisotopic (exact) mass is 248 g/mol. The second-order valence-electron chi connectivity index (χ2n) is 4.14. The minimum Gasteiger partial charge on any atom is -0.328 e. The lowest BCUT2D eigenvalue weighted by molar-refractivity contribution is 0.102. The normalized spacial score (nSPS) is 10.7. The van der Waals surface area contributed by atoms with Crippen LogP contribution in [0, 0.1) is 0 Å². The molecule has 18 heavy (non-hydrogen) atoms. The molecule has 2 heterocycles. The lowest BCUT2D eigenvalue weighted by Crippen LogP contribution is -2.13. The van der Waals surface area contributed by atoms with Gasteiger partial charge in [-0.25, -0.2) is 9.78 Å². The largest absolute Gasteiger partial charge is 0.328 e. The van der Waals surface area contributed by atoms with Crippen molar-refractivity contribution in [3.05, 3.63) is 40.6 Å². The van der Waals surface area contributed by atoms with Gasteiger partial charge in [0.2, 0.25) is 5.78 Å². The van der Waals surface area contributed by atoms with Crippen LogP contribution in [0.15, 0.2) is 23.4 Å². The van der Waals surface area contributed by atoms with Gasteiger partial charge in [0.05, 0.1) is 0 Å². The molecule has 2 aromatic rings. The van der Waals surface area contributed by atoms with Gasteiger partial charge in [0, 0.05) is 25.1 Å². The van der Waals surface area contributed by atoms with E-state index in [1.165, 1.54) is 6.20 Å². The van der Waals surface area contributed by atoms with E-state index in [4.69, 9.17) is 0 Å². The number of carbonyl (C=O) groups excluding carboxylic acids is 1. The van der Waals surface area contributed by atoms with Gasteiger partial charge in [-0.3, -0.25) is 4.79 Å². The Hall–Kier alpha value is -2.11. The summed E-state index contributed by atoms with van der Waals surface area (Å²) in [6.07, 6.45) is 8.01. The van der Waals surface area contributed by atoms with Crippen LogP contribution in [0.25, 0.3) is 0 Å². The van der Waals surface area contributed by atoms with Gasteiger partial charge < -0.3 is 14.5 Å². The molecule has 0 aliphatic heterocycles. The van der Waals surface area contributed by atoms with Crippen LogP contribution in [-0.4, -0.2) is 25.3 Å². The number of imidazole rings is 2. The molecule has 0 saturated heterocycles. The zero-order valence-electron chi connectivity index (χ0n) is 10.3. The van der Waals surface area contributed by atoms with Crippen LogP contribution in [0.2, 0.25) is 0 Å². The first-order chi connectivity index (χ1) is 8.72. The van der Waals surface area contributed by atoms with Gasteiger partial charge in [-0.05, 0) is 6.42 Å². The van der Waals surface area contributed by atoms with Crippen molar-refractivity contribution in [3.63, 3.8) is 0 Å². The van der Waals surface area contributed by atoms with E-state index in [1.54, 1.807) is 12.4 Å². The number of aryl methyl sites for hydroxylation is 1. The maximum Gasteiger partial charge on any atom is 0.323 e. The first kappa shape index (κ1) is 12.3. The van der Waals surface area contributed by atoms with Crippen molar-refractivity contribution in [3.8, 4) is 0 Å². The lowest BCUT2D eigenvalue weighted by atomic mass is 10.2. The van der Waals surface area contributed by atoms with Crippen LogP contribution in [0.5, 0.6) is 0 Å². The summed E-state index contributed by atoms with van der Waals surface area (Å²) in [5, 5.41) is 0. The van der Waals surface area contributed by atoms with Crippen LogP contribution in [0.4, 0.5) is 0 Å². The molecule has 0 aliphatic rings. The van der Waals surface area contributed by atoms with Gasteiger partial charge >= 0.3 is 5.69 Å². The minimum absolute atomic E-state index is 0.239. The van der Waals surface area contributed by atoms with Crippen LogP contribution >= 0.6 is 0 Å². The predicted octanol–water partition coefficient (Wildman–Crippen LogP) is 1.32. The fourth-order valence-electron chi connectivity index (χ4n) is 1.81. The summed E-state index contributed by atoms with van der Waals surface area (Å²) in [4.78, 5) is 32.0. The summed E-state index contributed by atoms with van der Waals surface area (Å²) >= 11 is 0. The highest BCUT2D eigenvalue weighted by Crippen LogP contribution is 2.07. The van der Waals surface area contributed by atoms with Crippen molar-refractivity contribution in [1.29, 1.82) is 0 Å². The number of carbonyl (C=O) groups is 1. The highest BCUT2D eigenvalue weighted by molar-refractivity contribution is 6.05. The van der Waals surface area contributed by atoms with Crippen molar-refractivity contribution in [1.82, 2.24) is 19.5 Å². The molecule has 0 atom stereocenters. The number of hydrogen-bond acceptors (Lipinski definition) is 3. The Balaban J connectivity index is 2.15. The molecule has 0 aliphatic carbocycles. The Kier molecular flexibility index (Phi) is 3.76. The summed E-state index contributed by atoms with van der Waals surface area (Å²) in [5.41, 5.74) is -0.148. The Morgan fingerprint density at radius 3 is 2.94 bits per heavy atom. The van der Waals surface area contributed by atoms with Crippen LogP contribution in [-0.2, 0) is 6.54 Å². The van der Waals surface area contributed by atoms with E-state index in [9.17, 15) is 9.59 Å². The number of unbranched alkanes of at least 4 members (excludes halogenated alkanes) is 2. The molecule has 2 N–H and O–H groups in total. The number of nitrogens with zero attached hydrogens (tertiary/aromatic N) is 2. The van der Waals surface area contributed by atoms with E-state index < -0.39 is 0 Å². The van der Waals surface area contributed by atoms with Crippen LogP contribution in [0.3, 0.4) is 0 Å². The Morgan fingerprint density at radius 1 is 1.44 bits per heavy atom. The topological polar surface area (TPSA) is 83.5 Å². The predicted molar refractivity (Wildman–Crippen MR) is 66.6 cm³/mol. The van der Waals surface area contributed by atoms with Crippen molar-refractivity contribution in [2.45, 2.75) is 32.7 Å².